The lowest BCUT2D eigenvalue weighted by Crippen LogP contribution is -2.39. The number of nitrogens with one attached hydrogen (secondary N) is 1. The first-order valence-electron chi connectivity index (χ1n) is 10.4. The highest BCUT2D eigenvalue weighted by molar-refractivity contribution is 6.36. The summed E-state index contributed by atoms with van der Waals surface area (Å²) in [6.45, 7) is 6.15. The standard InChI is InChI=1S/C21H25Cl2N5O3/c22-16-3-1-4-17(23)15(16)14-27-7-8-28-19(21(27)30)13-18(25-28)20(29)24-5-2-6-26-9-11-31-12-10-26/h1,3-4,13H,2,5-12,14H2,(H,24,29). The molecule has 0 atom stereocenters. The zero-order chi connectivity index (χ0) is 21.8. The molecule has 4 rings (SSSR count). The van der Waals surface area contributed by atoms with Crippen molar-refractivity contribution in [2.24, 2.45) is 0 Å². The van der Waals surface area contributed by atoms with E-state index in [1.54, 1.807) is 33.8 Å². The summed E-state index contributed by atoms with van der Waals surface area (Å²) < 4.78 is 6.93. The van der Waals surface area contributed by atoms with E-state index in [0.717, 1.165) is 39.3 Å². The third-order valence-corrected chi connectivity index (χ3v) is 6.26. The third-order valence-electron chi connectivity index (χ3n) is 5.55. The van der Waals surface area contributed by atoms with E-state index >= 15 is 0 Å². The average molecular weight is 466 g/mol. The minimum Gasteiger partial charge on any atom is -0.379 e. The highest BCUT2D eigenvalue weighted by Crippen LogP contribution is 2.27. The first-order valence-corrected chi connectivity index (χ1v) is 11.2. The molecule has 10 heteroatoms. The number of benzene rings is 1. The Labute approximate surface area is 191 Å². The van der Waals surface area contributed by atoms with Crippen molar-refractivity contribution in [3.05, 3.63) is 51.3 Å². The van der Waals surface area contributed by atoms with Gasteiger partial charge in [-0.15, -0.1) is 0 Å². The van der Waals surface area contributed by atoms with E-state index in [1.807, 2.05) is 0 Å². The van der Waals surface area contributed by atoms with Crippen LogP contribution >= 0.6 is 23.2 Å². The Hall–Kier alpha value is -2.13. The Balaban J connectivity index is 1.33. The van der Waals surface area contributed by atoms with Gasteiger partial charge in [0.05, 0.1) is 19.8 Å². The first kappa shape index (κ1) is 22.1. The number of carbonyl (C=O) groups is 2. The van der Waals surface area contributed by atoms with Crippen LogP contribution in [-0.4, -0.2) is 77.3 Å². The molecular formula is C21H25Cl2N5O3. The molecule has 0 unspecified atom stereocenters. The van der Waals surface area contributed by atoms with Crippen molar-refractivity contribution in [2.75, 3.05) is 45.9 Å². The average Bonchev–Trinajstić information content (AvgIpc) is 3.21. The molecule has 3 heterocycles. The zero-order valence-electron chi connectivity index (χ0n) is 17.1. The van der Waals surface area contributed by atoms with Crippen LogP contribution in [0.25, 0.3) is 0 Å². The molecule has 2 amide bonds. The van der Waals surface area contributed by atoms with Crippen LogP contribution in [0.4, 0.5) is 0 Å². The monoisotopic (exact) mass is 465 g/mol. The molecule has 1 aromatic carbocycles. The third kappa shape index (κ3) is 5.20. The van der Waals surface area contributed by atoms with Crippen LogP contribution in [0.5, 0.6) is 0 Å². The maximum absolute atomic E-state index is 12.9. The number of halogens is 2. The molecule has 166 valence electrons. The largest absolute Gasteiger partial charge is 0.379 e. The molecule has 1 N–H and O–H groups in total. The summed E-state index contributed by atoms with van der Waals surface area (Å²) in [5, 5.41) is 8.27. The normalized spacial score (nSPS) is 17.0. The van der Waals surface area contributed by atoms with Gasteiger partial charge < -0.3 is 15.0 Å². The van der Waals surface area contributed by atoms with E-state index < -0.39 is 0 Å². The van der Waals surface area contributed by atoms with Crippen LogP contribution in [0.15, 0.2) is 24.3 Å². The minimum atomic E-state index is -0.266. The Bertz CT molecular complexity index is 938. The predicted molar refractivity (Wildman–Crippen MR) is 118 cm³/mol. The van der Waals surface area contributed by atoms with Crippen molar-refractivity contribution >= 4 is 35.0 Å². The quantitative estimate of drug-likeness (QED) is 0.634. The molecule has 0 radical (unpaired) electrons. The summed E-state index contributed by atoms with van der Waals surface area (Å²) in [5.74, 6) is -0.460. The minimum absolute atomic E-state index is 0.193. The van der Waals surface area contributed by atoms with Crippen LogP contribution < -0.4 is 5.32 Å². The Morgan fingerprint density at radius 1 is 1.13 bits per heavy atom. The van der Waals surface area contributed by atoms with Crippen molar-refractivity contribution in [3.63, 3.8) is 0 Å². The fourth-order valence-electron chi connectivity index (χ4n) is 3.79. The fraction of sp³-hybridized carbons (Fsp3) is 0.476. The molecule has 0 saturated carbocycles. The smallest absolute Gasteiger partial charge is 0.272 e. The van der Waals surface area contributed by atoms with Gasteiger partial charge in [0.15, 0.2) is 5.69 Å². The number of carbonyl (C=O) groups excluding carboxylic acids is 2. The number of aromatic nitrogens is 2. The number of ether oxygens (including phenoxy) is 1. The van der Waals surface area contributed by atoms with Crippen LogP contribution in [0.3, 0.4) is 0 Å². The van der Waals surface area contributed by atoms with E-state index in [0.29, 0.717) is 47.5 Å². The Kier molecular flexibility index (Phi) is 7.12. The summed E-state index contributed by atoms with van der Waals surface area (Å²) in [4.78, 5) is 29.4. The first-order chi connectivity index (χ1) is 15.0. The van der Waals surface area contributed by atoms with Crippen LogP contribution in [-0.2, 0) is 17.8 Å². The molecule has 2 aliphatic rings. The van der Waals surface area contributed by atoms with Gasteiger partial charge in [-0.2, -0.15) is 5.10 Å². The second-order valence-electron chi connectivity index (χ2n) is 7.63. The lowest BCUT2D eigenvalue weighted by Gasteiger charge is -2.28. The van der Waals surface area contributed by atoms with Gasteiger partial charge in [-0.3, -0.25) is 19.2 Å². The lowest BCUT2D eigenvalue weighted by molar-refractivity contribution is 0.0374. The highest BCUT2D eigenvalue weighted by Gasteiger charge is 2.28. The summed E-state index contributed by atoms with van der Waals surface area (Å²) in [6.07, 6.45) is 0.852. The number of amides is 2. The van der Waals surface area contributed by atoms with E-state index in [9.17, 15) is 9.59 Å². The Morgan fingerprint density at radius 3 is 2.61 bits per heavy atom. The van der Waals surface area contributed by atoms with Crippen molar-refractivity contribution in [2.45, 2.75) is 19.5 Å². The molecule has 8 nitrogen and oxygen atoms in total. The van der Waals surface area contributed by atoms with E-state index in [1.165, 1.54) is 0 Å². The van der Waals surface area contributed by atoms with E-state index in [-0.39, 0.29) is 17.5 Å². The molecule has 0 spiro atoms. The number of hydrogen-bond donors (Lipinski definition) is 1. The maximum atomic E-state index is 12.9. The molecular weight excluding hydrogens is 441 g/mol. The van der Waals surface area contributed by atoms with Gasteiger partial charge in [-0.1, -0.05) is 29.3 Å². The predicted octanol–water partition coefficient (Wildman–Crippen LogP) is 2.30. The Morgan fingerprint density at radius 2 is 1.87 bits per heavy atom. The van der Waals surface area contributed by atoms with Gasteiger partial charge in [-0.05, 0) is 25.1 Å². The van der Waals surface area contributed by atoms with Gasteiger partial charge in [0.2, 0.25) is 0 Å². The summed E-state index contributed by atoms with van der Waals surface area (Å²) >= 11 is 12.5. The van der Waals surface area contributed by atoms with Crippen molar-refractivity contribution in [1.29, 1.82) is 0 Å². The molecule has 2 aromatic rings. The molecule has 1 aromatic heterocycles. The lowest BCUT2D eigenvalue weighted by atomic mass is 10.2. The van der Waals surface area contributed by atoms with E-state index in [2.05, 4.69) is 15.3 Å². The molecule has 1 saturated heterocycles. The second-order valence-corrected chi connectivity index (χ2v) is 8.44. The van der Waals surface area contributed by atoms with Crippen molar-refractivity contribution < 1.29 is 14.3 Å². The summed E-state index contributed by atoms with van der Waals surface area (Å²) in [6, 6.07) is 6.83. The number of nitrogens with zero attached hydrogens (tertiary/aromatic N) is 4. The van der Waals surface area contributed by atoms with Crippen LogP contribution in [0, 0.1) is 0 Å². The summed E-state index contributed by atoms with van der Waals surface area (Å²) in [5.41, 5.74) is 1.37. The van der Waals surface area contributed by atoms with Gasteiger partial charge in [0.25, 0.3) is 11.8 Å². The van der Waals surface area contributed by atoms with Gasteiger partial charge in [0, 0.05) is 54.4 Å². The number of fused-ring (bicyclic) bond motifs is 1. The van der Waals surface area contributed by atoms with Gasteiger partial charge >= 0.3 is 0 Å². The van der Waals surface area contributed by atoms with Crippen LogP contribution in [0.1, 0.15) is 33.0 Å². The van der Waals surface area contributed by atoms with E-state index in [4.69, 9.17) is 27.9 Å². The van der Waals surface area contributed by atoms with Crippen molar-refractivity contribution in [3.8, 4) is 0 Å². The molecule has 31 heavy (non-hydrogen) atoms. The SMILES string of the molecule is O=C(NCCCN1CCOCC1)c1cc2n(n1)CCN(Cc1c(Cl)cccc1Cl)C2=O. The second kappa shape index (κ2) is 9.99. The highest BCUT2D eigenvalue weighted by atomic mass is 35.5. The van der Waals surface area contributed by atoms with Crippen LogP contribution in [0.2, 0.25) is 10.0 Å². The van der Waals surface area contributed by atoms with Gasteiger partial charge in [0.1, 0.15) is 5.69 Å². The maximum Gasteiger partial charge on any atom is 0.272 e. The number of rotatable bonds is 7. The summed E-state index contributed by atoms with van der Waals surface area (Å²) in [7, 11) is 0. The molecule has 2 aliphatic heterocycles. The molecule has 0 aliphatic carbocycles. The number of hydrogen-bond acceptors (Lipinski definition) is 5. The molecule has 1 fully saturated rings. The van der Waals surface area contributed by atoms with Crippen molar-refractivity contribution in [1.82, 2.24) is 24.9 Å². The van der Waals surface area contributed by atoms with Gasteiger partial charge in [-0.25, -0.2) is 0 Å². The fourth-order valence-corrected chi connectivity index (χ4v) is 4.31. The topological polar surface area (TPSA) is 79.7 Å². The number of morpholine rings is 1. The molecule has 0 bridgehead atoms. The zero-order valence-corrected chi connectivity index (χ0v) is 18.7.